The van der Waals surface area contributed by atoms with E-state index in [0.29, 0.717) is 5.76 Å². The van der Waals surface area contributed by atoms with Crippen molar-refractivity contribution in [2.75, 3.05) is 11.8 Å². The number of anilines is 1. The summed E-state index contributed by atoms with van der Waals surface area (Å²) in [6.45, 7) is 0.117. The Morgan fingerprint density at radius 2 is 1.93 bits per heavy atom. The molecule has 0 aliphatic heterocycles. The second-order valence-corrected chi connectivity index (χ2v) is 7.66. The first-order valence-corrected chi connectivity index (χ1v) is 10.0. The molecule has 0 atom stereocenters. The summed E-state index contributed by atoms with van der Waals surface area (Å²) in [6, 6.07) is 12.5. The highest BCUT2D eigenvalue weighted by atomic mass is 32.2. The molecule has 0 bridgehead atoms. The summed E-state index contributed by atoms with van der Waals surface area (Å²) in [7, 11) is -3.06. The lowest BCUT2D eigenvalue weighted by molar-refractivity contribution is -0.385. The van der Waals surface area contributed by atoms with Crippen molar-refractivity contribution in [2.24, 2.45) is 0 Å². The van der Waals surface area contributed by atoms with Gasteiger partial charge in [-0.25, -0.2) is 8.42 Å². The molecule has 0 radical (unpaired) electrons. The van der Waals surface area contributed by atoms with Gasteiger partial charge in [-0.15, -0.1) is 0 Å². The predicted octanol–water partition coefficient (Wildman–Crippen LogP) is 2.93. The number of rotatable bonds is 8. The molecule has 10 nitrogen and oxygen atoms in total. The van der Waals surface area contributed by atoms with Crippen LogP contribution in [-0.2, 0) is 16.6 Å². The van der Waals surface area contributed by atoms with Gasteiger partial charge in [-0.2, -0.15) is 0 Å². The SMILES string of the molecule is COc1ccc([N+](=O)[O-])cc1S(=O)(=O)Nc1ccccc1C(=O)NCc1ccco1. The van der Waals surface area contributed by atoms with Gasteiger partial charge < -0.3 is 14.5 Å². The Kier molecular flexibility index (Phi) is 6.02. The van der Waals surface area contributed by atoms with E-state index in [0.717, 1.165) is 12.1 Å². The molecule has 1 amide bonds. The fourth-order valence-electron chi connectivity index (χ4n) is 2.63. The van der Waals surface area contributed by atoms with Gasteiger partial charge in [0, 0.05) is 12.1 Å². The van der Waals surface area contributed by atoms with E-state index in [4.69, 9.17) is 9.15 Å². The van der Waals surface area contributed by atoms with Crippen LogP contribution in [0.3, 0.4) is 0 Å². The monoisotopic (exact) mass is 431 g/mol. The van der Waals surface area contributed by atoms with Crippen molar-refractivity contribution in [1.82, 2.24) is 5.32 Å². The Hall–Kier alpha value is -3.86. The van der Waals surface area contributed by atoms with E-state index in [-0.39, 0.29) is 23.5 Å². The number of carbonyl (C=O) groups is 1. The van der Waals surface area contributed by atoms with Crippen molar-refractivity contribution in [3.8, 4) is 5.75 Å². The number of non-ortho nitro benzene ring substituents is 1. The van der Waals surface area contributed by atoms with E-state index in [1.165, 1.54) is 31.6 Å². The van der Waals surface area contributed by atoms with Gasteiger partial charge in [-0.05, 0) is 30.3 Å². The van der Waals surface area contributed by atoms with E-state index in [1.54, 1.807) is 24.3 Å². The standard InChI is InChI=1S/C19H17N3O7S/c1-28-17-9-8-13(22(24)25)11-18(17)30(26,27)21-16-7-3-2-6-15(16)19(23)20-12-14-5-4-10-29-14/h2-11,21H,12H2,1H3,(H,20,23). The van der Waals surface area contributed by atoms with E-state index >= 15 is 0 Å². The van der Waals surface area contributed by atoms with Crippen LogP contribution in [0.15, 0.2) is 70.2 Å². The van der Waals surface area contributed by atoms with Gasteiger partial charge >= 0.3 is 0 Å². The molecule has 30 heavy (non-hydrogen) atoms. The zero-order valence-electron chi connectivity index (χ0n) is 15.7. The number of furan rings is 1. The molecular weight excluding hydrogens is 414 g/mol. The van der Waals surface area contributed by atoms with Gasteiger partial charge in [0.05, 0.1) is 36.1 Å². The number of nitro groups is 1. The third kappa shape index (κ3) is 4.58. The quantitative estimate of drug-likeness (QED) is 0.413. The minimum Gasteiger partial charge on any atom is -0.495 e. The first kappa shape index (κ1) is 20.9. The van der Waals surface area contributed by atoms with Crippen LogP contribution in [0.4, 0.5) is 11.4 Å². The number of hydrogen-bond donors (Lipinski definition) is 2. The van der Waals surface area contributed by atoms with Crippen LogP contribution >= 0.6 is 0 Å². The Balaban J connectivity index is 1.90. The lowest BCUT2D eigenvalue weighted by Gasteiger charge is -2.14. The van der Waals surface area contributed by atoms with Gasteiger partial charge in [0.2, 0.25) is 0 Å². The number of ether oxygens (including phenoxy) is 1. The summed E-state index contributed by atoms with van der Waals surface area (Å²) in [5.41, 5.74) is -0.347. The third-order valence-corrected chi connectivity index (χ3v) is 5.45. The fourth-order valence-corrected chi connectivity index (χ4v) is 3.90. The second kappa shape index (κ2) is 8.66. The Morgan fingerprint density at radius 3 is 2.60 bits per heavy atom. The van der Waals surface area contributed by atoms with E-state index in [9.17, 15) is 23.3 Å². The van der Waals surface area contributed by atoms with Crippen LogP contribution in [0.5, 0.6) is 5.75 Å². The largest absolute Gasteiger partial charge is 0.495 e. The molecule has 0 saturated carbocycles. The molecule has 0 fully saturated rings. The summed E-state index contributed by atoms with van der Waals surface area (Å²) in [6.07, 6.45) is 1.47. The molecule has 0 aliphatic carbocycles. The summed E-state index contributed by atoms with van der Waals surface area (Å²) < 4.78 is 38.3. The van der Waals surface area contributed by atoms with E-state index < -0.39 is 31.4 Å². The van der Waals surface area contributed by atoms with Crippen molar-refractivity contribution in [3.05, 3.63) is 82.3 Å². The molecular formula is C19H17N3O7S. The van der Waals surface area contributed by atoms with Crippen molar-refractivity contribution in [2.45, 2.75) is 11.4 Å². The van der Waals surface area contributed by atoms with Crippen molar-refractivity contribution >= 4 is 27.3 Å². The minimum atomic E-state index is -4.30. The van der Waals surface area contributed by atoms with Gasteiger partial charge in [-0.3, -0.25) is 19.6 Å². The van der Waals surface area contributed by atoms with E-state index in [2.05, 4.69) is 10.0 Å². The molecule has 0 saturated heterocycles. The molecule has 156 valence electrons. The maximum absolute atomic E-state index is 12.9. The van der Waals surface area contributed by atoms with E-state index in [1.807, 2.05) is 0 Å². The third-order valence-electron chi connectivity index (χ3n) is 4.07. The maximum Gasteiger partial charge on any atom is 0.271 e. The Bertz CT molecular complexity index is 1170. The van der Waals surface area contributed by atoms with Crippen LogP contribution in [0.25, 0.3) is 0 Å². The Morgan fingerprint density at radius 1 is 1.17 bits per heavy atom. The first-order valence-electron chi connectivity index (χ1n) is 8.56. The average Bonchev–Trinajstić information content (AvgIpc) is 3.25. The number of methoxy groups -OCH3 is 1. The predicted molar refractivity (Wildman–Crippen MR) is 107 cm³/mol. The van der Waals surface area contributed by atoms with Crippen molar-refractivity contribution in [1.29, 1.82) is 0 Å². The minimum absolute atomic E-state index is 0.00278. The Labute approximate surface area is 171 Å². The van der Waals surface area contributed by atoms with Crippen molar-refractivity contribution in [3.63, 3.8) is 0 Å². The lowest BCUT2D eigenvalue weighted by Crippen LogP contribution is -2.25. The molecule has 3 aromatic rings. The number of carbonyl (C=O) groups excluding carboxylic acids is 1. The first-order chi connectivity index (χ1) is 14.3. The fraction of sp³-hybridized carbons (Fsp3) is 0.105. The number of para-hydroxylation sites is 1. The highest BCUT2D eigenvalue weighted by molar-refractivity contribution is 7.92. The highest BCUT2D eigenvalue weighted by Crippen LogP contribution is 2.30. The molecule has 2 N–H and O–H groups in total. The van der Waals surface area contributed by atoms with Crippen LogP contribution < -0.4 is 14.8 Å². The van der Waals surface area contributed by atoms with Crippen molar-refractivity contribution < 1.29 is 27.3 Å². The normalized spacial score (nSPS) is 11.0. The summed E-state index contributed by atoms with van der Waals surface area (Å²) in [5.74, 6) is -0.0775. The number of sulfonamides is 1. The van der Waals surface area contributed by atoms with Gasteiger partial charge in [0.1, 0.15) is 16.4 Å². The average molecular weight is 431 g/mol. The smallest absolute Gasteiger partial charge is 0.271 e. The molecule has 0 aliphatic rings. The lowest BCUT2D eigenvalue weighted by atomic mass is 10.1. The van der Waals surface area contributed by atoms with Crippen LogP contribution in [-0.4, -0.2) is 26.4 Å². The molecule has 2 aromatic carbocycles. The second-order valence-electron chi connectivity index (χ2n) is 6.01. The highest BCUT2D eigenvalue weighted by Gasteiger charge is 2.25. The number of nitrogens with zero attached hydrogens (tertiary/aromatic N) is 1. The van der Waals surface area contributed by atoms with Crippen LogP contribution in [0.2, 0.25) is 0 Å². The molecule has 3 rings (SSSR count). The molecule has 0 unspecified atom stereocenters. The zero-order chi connectivity index (χ0) is 21.7. The number of hydrogen-bond acceptors (Lipinski definition) is 7. The van der Waals surface area contributed by atoms with Gasteiger partial charge in [0.15, 0.2) is 0 Å². The van der Waals surface area contributed by atoms with Crippen LogP contribution in [0.1, 0.15) is 16.1 Å². The summed E-state index contributed by atoms with van der Waals surface area (Å²) >= 11 is 0. The van der Waals surface area contributed by atoms with Crippen LogP contribution in [0, 0.1) is 10.1 Å². The zero-order valence-corrected chi connectivity index (χ0v) is 16.5. The molecule has 0 spiro atoms. The summed E-state index contributed by atoms with van der Waals surface area (Å²) in [5, 5.41) is 13.7. The number of nitro benzene ring substituents is 1. The molecule has 1 heterocycles. The number of benzene rings is 2. The molecule has 11 heteroatoms. The summed E-state index contributed by atoms with van der Waals surface area (Å²) in [4.78, 5) is 22.4. The van der Waals surface area contributed by atoms with Gasteiger partial charge in [0.25, 0.3) is 21.6 Å². The van der Waals surface area contributed by atoms with Gasteiger partial charge in [-0.1, -0.05) is 12.1 Å². The maximum atomic E-state index is 12.9. The molecule has 1 aromatic heterocycles. The topological polar surface area (TPSA) is 141 Å². The number of nitrogens with one attached hydrogen (secondary N) is 2. The number of amides is 1.